The van der Waals surface area contributed by atoms with Crippen LogP contribution in [0.25, 0.3) is 11.1 Å². The predicted octanol–water partition coefficient (Wildman–Crippen LogP) is 1.47. The molecule has 0 unspecified atom stereocenters. The Balaban J connectivity index is 2.34. The first-order valence-electron chi connectivity index (χ1n) is 6.58. The van der Waals surface area contributed by atoms with Crippen molar-refractivity contribution in [2.24, 2.45) is 0 Å². The highest BCUT2D eigenvalue weighted by atomic mass is 16.5. The lowest BCUT2D eigenvalue weighted by Crippen LogP contribution is -2.33. The second-order valence-corrected chi connectivity index (χ2v) is 4.73. The third-order valence-electron chi connectivity index (χ3n) is 2.99. The molecule has 1 amide bonds. The molecule has 2 aromatic heterocycles. The van der Waals surface area contributed by atoms with Crippen molar-refractivity contribution >= 4 is 23.0 Å². The van der Waals surface area contributed by atoms with E-state index < -0.39 is 5.97 Å². The molecule has 2 rings (SSSR count). The van der Waals surface area contributed by atoms with E-state index in [2.05, 4.69) is 10.1 Å². The van der Waals surface area contributed by atoms with Gasteiger partial charge in [-0.15, -0.1) is 0 Å². The average Bonchev–Trinajstić information content (AvgIpc) is 2.78. The van der Waals surface area contributed by atoms with Crippen LogP contribution in [0.1, 0.15) is 28.7 Å². The number of carbonyl (C=O) groups excluding carboxylic acids is 2. The van der Waals surface area contributed by atoms with Crippen LogP contribution in [0.15, 0.2) is 10.6 Å². The molecule has 0 aliphatic carbocycles. The fourth-order valence-electron chi connectivity index (χ4n) is 2.06. The van der Waals surface area contributed by atoms with Crippen LogP contribution >= 0.6 is 0 Å². The topological polar surface area (TPSA) is 85.5 Å². The zero-order valence-electron chi connectivity index (χ0n) is 12.5. The third-order valence-corrected chi connectivity index (χ3v) is 2.99. The highest BCUT2D eigenvalue weighted by Crippen LogP contribution is 2.22. The van der Waals surface area contributed by atoms with Crippen LogP contribution in [0, 0.1) is 13.8 Å². The van der Waals surface area contributed by atoms with Crippen LogP contribution < -0.4 is 0 Å². The molecule has 0 fully saturated rings. The number of hydrogen-bond donors (Lipinski definition) is 0. The molecule has 7 nitrogen and oxygen atoms in total. The molecule has 0 bridgehead atoms. The van der Waals surface area contributed by atoms with Crippen LogP contribution in [0.4, 0.5) is 0 Å². The van der Waals surface area contributed by atoms with Gasteiger partial charge in [0.1, 0.15) is 6.54 Å². The van der Waals surface area contributed by atoms with Crippen molar-refractivity contribution in [3.63, 3.8) is 0 Å². The zero-order chi connectivity index (χ0) is 15.6. The molecule has 0 aromatic carbocycles. The van der Waals surface area contributed by atoms with E-state index in [1.54, 1.807) is 33.9 Å². The minimum absolute atomic E-state index is 0.111. The molecule has 2 heterocycles. The van der Waals surface area contributed by atoms with Gasteiger partial charge in [-0.1, -0.05) is 5.16 Å². The quantitative estimate of drug-likeness (QED) is 0.793. The molecule has 2 aromatic rings. The van der Waals surface area contributed by atoms with Crippen molar-refractivity contribution in [2.45, 2.75) is 20.8 Å². The number of esters is 1. The summed E-state index contributed by atoms with van der Waals surface area (Å²) in [4.78, 5) is 29.5. The van der Waals surface area contributed by atoms with E-state index in [1.807, 2.05) is 0 Å². The van der Waals surface area contributed by atoms with Gasteiger partial charge in [0.25, 0.3) is 11.6 Å². The fraction of sp³-hybridized carbons (Fsp3) is 0.429. The Hall–Kier alpha value is -2.44. The van der Waals surface area contributed by atoms with Crippen LogP contribution in [-0.2, 0) is 9.53 Å². The number of rotatable bonds is 4. The van der Waals surface area contributed by atoms with E-state index >= 15 is 0 Å². The summed E-state index contributed by atoms with van der Waals surface area (Å²) in [5, 5.41) is 4.40. The van der Waals surface area contributed by atoms with Crippen LogP contribution in [0.2, 0.25) is 0 Å². The highest BCUT2D eigenvalue weighted by molar-refractivity contribution is 6.06. The Morgan fingerprint density at radius 1 is 1.38 bits per heavy atom. The minimum Gasteiger partial charge on any atom is -0.465 e. The molecule has 0 N–H and O–H groups in total. The average molecular weight is 291 g/mol. The molecule has 0 spiro atoms. The number of carbonyl (C=O) groups is 2. The summed E-state index contributed by atoms with van der Waals surface area (Å²) in [6, 6.07) is 1.66. The van der Waals surface area contributed by atoms with Gasteiger partial charge in [-0.25, -0.2) is 4.98 Å². The molecule has 0 aliphatic heterocycles. The maximum atomic E-state index is 12.5. The first-order valence-corrected chi connectivity index (χ1v) is 6.58. The number of hydrogen-bond acceptors (Lipinski definition) is 6. The molecule has 7 heteroatoms. The predicted molar refractivity (Wildman–Crippen MR) is 74.9 cm³/mol. The molecule has 0 radical (unpaired) electrons. The van der Waals surface area contributed by atoms with Gasteiger partial charge in [-0.05, 0) is 26.8 Å². The van der Waals surface area contributed by atoms with Gasteiger partial charge in [0.2, 0.25) is 0 Å². The van der Waals surface area contributed by atoms with Gasteiger partial charge in [0.05, 0.1) is 23.3 Å². The normalized spacial score (nSPS) is 10.7. The monoisotopic (exact) mass is 291 g/mol. The molecule has 0 saturated heterocycles. The summed E-state index contributed by atoms with van der Waals surface area (Å²) < 4.78 is 9.94. The van der Waals surface area contributed by atoms with Gasteiger partial charge in [0, 0.05) is 12.7 Å². The van der Waals surface area contributed by atoms with Gasteiger partial charge < -0.3 is 14.2 Å². The lowest BCUT2D eigenvalue weighted by atomic mass is 10.1. The van der Waals surface area contributed by atoms with Crippen molar-refractivity contribution in [1.82, 2.24) is 15.0 Å². The van der Waals surface area contributed by atoms with E-state index in [0.29, 0.717) is 28.1 Å². The summed E-state index contributed by atoms with van der Waals surface area (Å²) in [6.07, 6.45) is 0. The van der Waals surface area contributed by atoms with Crippen molar-refractivity contribution < 1.29 is 18.8 Å². The second kappa shape index (κ2) is 5.90. The molecular formula is C14H17N3O4. The molecule has 112 valence electrons. The van der Waals surface area contributed by atoms with Gasteiger partial charge >= 0.3 is 5.97 Å². The number of nitrogens with zero attached hydrogens (tertiary/aromatic N) is 3. The summed E-state index contributed by atoms with van der Waals surface area (Å²) in [7, 11) is 1.55. The summed E-state index contributed by atoms with van der Waals surface area (Å²) in [5.74, 6) is -0.748. The Morgan fingerprint density at radius 2 is 2.10 bits per heavy atom. The van der Waals surface area contributed by atoms with Crippen LogP contribution in [0.3, 0.4) is 0 Å². The highest BCUT2D eigenvalue weighted by Gasteiger charge is 2.22. The van der Waals surface area contributed by atoms with Crippen molar-refractivity contribution in [3.05, 3.63) is 23.0 Å². The van der Waals surface area contributed by atoms with Gasteiger partial charge in [-0.3, -0.25) is 9.59 Å². The van der Waals surface area contributed by atoms with Crippen LogP contribution in [0.5, 0.6) is 0 Å². The lowest BCUT2D eigenvalue weighted by molar-refractivity contribution is -0.143. The van der Waals surface area contributed by atoms with Gasteiger partial charge in [-0.2, -0.15) is 0 Å². The van der Waals surface area contributed by atoms with E-state index in [1.165, 1.54) is 4.90 Å². The zero-order valence-corrected chi connectivity index (χ0v) is 12.5. The minimum atomic E-state index is -0.447. The Kier molecular flexibility index (Phi) is 4.21. The second-order valence-electron chi connectivity index (χ2n) is 4.73. The number of amides is 1. The van der Waals surface area contributed by atoms with E-state index in [-0.39, 0.29) is 19.1 Å². The summed E-state index contributed by atoms with van der Waals surface area (Å²) in [5.41, 5.74) is 1.97. The standard InChI is InChI=1S/C14H17N3O4/c1-5-20-11(18)7-17(4)14(19)10-6-8(2)15-13-12(10)9(3)16-21-13/h6H,5,7H2,1-4H3. The first-order chi connectivity index (χ1) is 9.93. The smallest absolute Gasteiger partial charge is 0.325 e. The number of aryl methyl sites for hydroxylation is 2. The summed E-state index contributed by atoms with van der Waals surface area (Å²) >= 11 is 0. The van der Waals surface area contributed by atoms with E-state index in [9.17, 15) is 9.59 Å². The largest absolute Gasteiger partial charge is 0.465 e. The number of aromatic nitrogens is 2. The molecule has 0 saturated carbocycles. The number of likely N-dealkylation sites (N-methyl/N-ethyl adjacent to an activating group) is 1. The Bertz CT molecular complexity index is 693. The summed E-state index contributed by atoms with van der Waals surface area (Å²) in [6.45, 7) is 5.39. The van der Waals surface area contributed by atoms with E-state index in [0.717, 1.165) is 0 Å². The van der Waals surface area contributed by atoms with Crippen molar-refractivity contribution in [3.8, 4) is 0 Å². The maximum absolute atomic E-state index is 12.5. The molecular weight excluding hydrogens is 274 g/mol. The Labute approximate surface area is 121 Å². The van der Waals surface area contributed by atoms with E-state index in [4.69, 9.17) is 9.26 Å². The van der Waals surface area contributed by atoms with Gasteiger partial charge in [0.15, 0.2) is 0 Å². The molecule has 21 heavy (non-hydrogen) atoms. The van der Waals surface area contributed by atoms with Crippen molar-refractivity contribution in [1.29, 1.82) is 0 Å². The van der Waals surface area contributed by atoms with Crippen LogP contribution in [-0.4, -0.2) is 47.1 Å². The maximum Gasteiger partial charge on any atom is 0.325 e. The molecule has 0 atom stereocenters. The number of fused-ring (bicyclic) bond motifs is 1. The lowest BCUT2D eigenvalue weighted by Gasteiger charge is -2.16. The first kappa shape index (κ1) is 15.0. The SMILES string of the molecule is CCOC(=O)CN(C)C(=O)c1cc(C)nc2onc(C)c12. The molecule has 0 aliphatic rings. The van der Waals surface area contributed by atoms with Crippen molar-refractivity contribution in [2.75, 3.05) is 20.2 Å². The third kappa shape index (κ3) is 3.01. The Morgan fingerprint density at radius 3 is 2.76 bits per heavy atom. The number of pyridine rings is 1. The number of ether oxygens (including phenoxy) is 1. The fourth-order valence-corrected chi connectivity index (χ4v) is 2.06.